The lowest BCUT2D eigenvalue weighted by molar-refractivity contribution is 0.409. The summed E-state index contributed by atoms with van der Waals surface area (Å²) in [5, 5.41) is 3.80. The molecule has 0 fully saturated rings. The van der Waals surface area contributed by atoms with Crippen LogP contribution in [0.5, 0.6) is 0 Å². The molecular formula is C29H62N2. The number of hydrogen-bond donors (Lipinski definition) is 2. The van der Waals surface area contributed by atoms with E-state index in [1.807, 2.05) is 0 Å². The Hall–Kier alpha value is -0.0800. The first-order valence-corrected chi connectivity index (χ1v) is 14.6. The zero-order valence-corrected chi connectivity index (χ0v) is 21.9. The van der Waals surface area contributed by atoms with Gasteiger partial charge in [0.25, 0.3) is 0 Å². The maximum absolute atomic E-state index is 8.28. The summed E-state index contributed by atoms with van der Waals surface area (Å²) in [7, 11) is 0. The van der Waals surface area contributed by atoms with Crippen LogP contribution >= 0.6 is 0 Å². The molecule has 0 aliphatic rings. The molecule has 0 aliphatic carbocycles. The van der Waals surface area contributed by atoms with Crippen molar-refractivity contribution in [2.45, 2.75) is 174 Å². The third-order valence-corrected chi connectivity index (χ3v) is 6.69. The summed E-state index contributed by atoms with van der Waals surface area (Å²) in [6.07, 6.45) is 31.0. The van der Waals surface area contributed by atoms with Crippen molar-refractivity contribution < 1.29 is 1.37 Å². The van der Waals surface area contributed by atoms with Crippen molar-refractivity contribution in [3.63, 3.8) is 0 Å². The standard InChI is InChI=1S/C29H62N2/c1-3-5-7-9-11-13-15-17-19-21-25-29(26-22-23-27-30)31-28-24-20-18-16-14-12-10-8-6-4-2/h29,31H,3-28,30H2,1-2H3/i22D. The molecule has 188 valence electrons. The molecule has 0 saturated carbocycles. The third kappa shape index (κ3) is 26.1. The van der Waals surface area contributed by atoms with Crippen molar-refractivity contribution >= 4 is 0 Å². The predicted molar refractivity (Wildman–Crippen MR) is 143 cm³/mol. The maximum Gasteiger partial charge on any atom is 0.0268 e. The van der Waals surface area contributed by atoms with Gasteiger partial charge in [-0.3, -0.25) is 0 Å². The average molecular weight is 440 g/mol. The highest BCUT2D eigenvalue weighted by Crippen LogP contribution is 2.15. The first-order valence-electron chi connectivity index (χ1n) is 15.2. The molecule has 0 radical (unpaired) electrons. The van der Waals surface area contributed by atoms with E-state index in [0.717, 1.165) is 19.4 Å². The van der Waals surface area contributed by atoms with Crippen LogP contribution in [0.25, 0.3) is 0 Å². The van der Waals surface area contributed by atoms with Crippen LogP contribution in [0.15, 0.2) is 0 Å². The Morgan fingerprint density at radius 3 is 1.42 bits per heavy atom. The van der Waals surface area contributed by atoms with Crippen LogP contribution in [0, 0.1) is 0 Å². The molecule has 0 spiro atoms. The molecule has 2 nitrogen and oxygen atoms in total. The van der Waals surface area contributed by atoms with Crippen LogP contribution in [-0.2, 0) is 0 Å². The molecule has 0 heterocycles. The van der Waals surface area contributed by atoms with Crippen LogP contribution in [-0.4, -0.2) is 19.1 Å². The molecule has 0 aromatic heterocycles. The normalized spacial score (nSPS) is 14.0. The van der Waals surface area contributed by atoms with E-state index in [4.69, 9.17) is 7.10 Å². The van der Waals surface area contributed by atoms with Crippen LogP contribution in [0.3, 0.4) is 0 Å². The molecular weight excluding hydrogens is 376 g/mol. The molecule has 0 rings (SSSR count). The molecule has 31 heavy (non-hydrogen) atoms. The van der Waals surface area contributed by atoms with Crippen molar-refractivity contribution in [1.29, 1.82) is 0 Å². The lowest BCUT2D eigenvalue weighted by Crippen LogP contribution is -2.30. The molecule has 3 N–H and O–H groups in total. The fourth-order valence-electron chi connectivity index (χ4n) is 4.54. The molecule has 2 unspecified atom stereocenters. The van der Waals surface area contributed by atoms with Gasteiger partial charge in [0.1, 0.15) is 0 Å². The summed E-state index contributed by atoms with van der Waals surface area (Å²) in [5.41, 5.74) is 5.68. The highest BCUT2D eigenvalue weighted by atomic mass is 14.9. The van der Waals surface area contributed by atoms with E-state index in [2.05, 4.69) is 19.2 Å². The minimum Gasteiger partial charge on any atom is -0.330 e. The monoisotopic (exact) mass is 439 g/mol. The highest BCUT2D eigenvalue weighted by molar-refractivity contribution is 4.68. The van der Waals surface area contributed by atoms with Crippen LogP contribution in [0.4, 0.5) is 0 Å². The number of unbranched alkanes of at least 4 members (excludes halogenated alkanes) is 18. The summed E-state index contributed by atoms with van der Waals surface area (Å²) in [5.74, 6) is 0. The van der Waals surface area contributed by atoms with Crippen molar-refractivity contribution in [2.75, 3.05) is 13.1 Å². The Labute approximate surface area is 199 Å². The quantitative estimate of drug-likeness (QED) is 0.125. The molecule has 2 atom stereocenters. The van der Waals surface area contributed by atoms with E-state index in [9.17, 15) is 0 Å². The summed E-state index contributed by atoms with van der Waals surface area (Å²) in [6, 6.07) is 0.525. The minimum atomic E-state index is 0.00771. The smallest absolute Gasteiger partial charge is 0.0268 e. The van der Waals surface area contributed by atoms with Gasteiger partial charge in [0.15, 0.2) is 0 Å². The topological polar surface area (TPSA) is 38.0 Å². The van der Waals surface area contributed by atoms with Crippen LogP contribution in [0.2, 0.25) is 0 Å². The molecule has 0 aromatic rings. The SMILES string of the molecule is [2H]C(CCN)CC(CCCCCCCCCCCC)NCCCCCCCCCCCC. The summed E-state index contributed by atoms with van der Waals surface area (Å²) in [6.45, 7) is 6.36. The largest absolute Gasteiger partial charge is 0.330 e. The van der Waals surface area contributed by atoms with E-state index in [1.54, 1.807) is 0 Å². The van der Waals surface area contributed by atoms with Crippen LogP contribution in [0.1, 0.15) is 169 Å². The average Bonchev–Trinajstić information content (AvgIpc) is 2.78. The Bertz CT molecular complexity index is 337. The van der Waals surface area contributed by atoms with Crippen molar-refractivity contribution in [3.8, 4) is 0 Å². The first kappa shape index (κ1) is 29.0. The van der Waals surface area contributed by atoms with Gasteiger partial charge >= 0.3 is 0 Å². The van der Waals surface area contributed by atoms with E-state index in [-0.39, 0.29) is 6.40 Å². The fourth-order valence-corrected chi connectivity index (χ4v) is 4.54. The van der Waals surface area contributed by atoms with Gasteiger partial charge in [-0.25, -0.2) is 0 Å². The van der Waals surface area contributed by atoms with Gasteiger partial charge in [-0.1, -0.05) is 142 Å². The van der Waals surface area contributed by atoms with E-state index in [0.29, 0.717) is 12.6 Å². The van der Waals surface area contributed by atoms with Gasteiger partial charge in [-0.05, 0) is 38.8 Å². The molecule has 0 saturated heterocycles. The lowest BCUT2D eigenvalue weighted by Gasteiger charge is -2.19. The summed E-state index contributed by atoms with van der Waals surface area (Å²) in [4.78, 5) is 0. The molecule has 2 heteroatoms. The van der Waals surface area contributed by atoms with Crippen molar-refractivity contribution in [2.24, 2.45) is 5.73 Å². The second-order valence-electron chi connectivity index (χ2n) is 9.91. The number of nitrogens with two attached hydrogens (primary N) is 1. The van der Waals surface area contributed by atoms with E-state index >= 15 is 0 Å². The second kappa shape index (κ2) is 28.0. The van der Waals surface area contributed by atoms with Crippen molar-refractivity contribution in [1.82, 2.24) is 5.32 Å². The molecule has 0 aromatic carbocycles. The Morgan fingerprint density at radius 1 is 0.548 bits per heavy atom. The second-order valence-corrected chi connectivity index (χ2v) is 9.91. The predicted octanol–water partition coefficient (Wildman–Crippen LogP) is 9.31. The Balaban J connectivity index is 3.74. The van der Waals surface area contributed by atoms with E-state index in [1.165, 1.54) is 135 Å². The first-order chi connectivity index (χ1) is 15.7. The van der Waals surface area contributed by atoms with Gasteiger partial charge in [0.05, 0.1) is 0 Å². The molecule has 0 aliphatic heterocycles. The zero-order valence-electron chi connectivity index (χ0n) is 22.9. The van der Waals surface area contributed by atoms with Gasteiger partial charge in [0, 0.05) is 7.41 Å². The minimum absolute atomic E-state index is 0.00771. The maximum atomic E-state index is 8.28. The highest BCUT2D eigenvalue weighted by Gasteiger charge is 2.07. The Kier molecular flexibility index (Phi) is 26.1. The molecule has 0 amide bonds. The number of nitrogens with one attached hydrogen (secondary N) is 1. The fraction of sp³-hybridized carbons (Fsp3) is 1.00. The zero-order chi connectivity index (χ0) is 23.5. The Morgan fingerprint density at radius 2 is 0.968 bits per heavy atom. The number of rotatable bonds is 27. The van der Waals surface area contributed by atoms with Gasteiger partial charge in [-0.15, -0.1) is 0 Å². The summed E-state index contributed by atoms with van der Waals surface area (Å²) < 4.78 is 8.28. The van der Waals surface area contributed by atoms with E-state index < -0.39 is 0 Å². The van der Waals surface area contributed by atoms with Crippen molar-refractivity contribution in [3.05, 3.63) is 0 Å². The molecule has 0 bridgehead atoms. The summed E-state index contributed by atoms with van der Waals surface area (Å²) >= 11 is 0. The number of hydrogen-bond acceptors (Lipinski definition) is 2. The van der Waals surface area contributed by atoms with Gasteiger partial charge in [0.2, 0.25) is 0 Å². The van der Waals surface area contributed by atoms with Gasteiger partial charge < -0.3 is 11.1 Å². The lowest BCUT2D eigenvalue weighted by atomic mass is 10.0. The van der Waals surface area contributed by atoms with Crippen LogP contribution < -0.4 is 11.1 Å². The third-order valence-electron chi connectivity index (χ3n) is 6.69. The van der Waals surface area contributed by atoms with Gasteiger partial charge in [-0.2, -0.15) is 0 Å².